The summed E-state index contributed by atoms with van der Waals surface area (Å²) in [6.45, 7) is 9.68. The van der Waals surface area contributed by atoms with E-state index in [-0.39, 0.29) is 18.2 Å². The van der Waals surface area contributed by atoms with Gasteiger partial charge >= 0.3 is 6.09 Å². The Hall–Kier alpha value is -2.25. The Labute approximate surface area is 180 Å². The van der Waals surface area contributed by atoms with Crippen LogP contribution < -0.4 is 10.6 Å². The van der Waals surface area contributed by atoms with Gasteiger partial charge in [0.1, 0.15) is 11.4 Å². The van der Waals surface area contributed by atoms with E-state index in [4.69, 9.17) is 4.74 Å². The van der Waals surface area contributed by atoms with Crippen LogP contribution in [0, 0.1) is 6.92 Å². The van der Waals surface area contributed by atoms with Gasteiger partial charge in [-0.3, -0.25) is 4.99 Å². The average molecular weight is 419 g/mol. The number of carbonyl (C=O) groups excluding carboxylic acids is 1. The predicted octanol–water partition coefficient (Wildman–Crippen LogP) is 3.07. The Balaban J connectivity index is 1.40. The zero-order valence-corrected chi connectivity index (χ0v) is 19.1. The Kier molecular flexibility index (Phi) is 7.26. The van der Waals surface area contributed by atoms with Crippen LogP contribution in [0.15, 0.2) is 17.4 Å². The fraction of sp³-hybridized carbons (Fsp3) is 0.773. The van der Waals surface area contributed by atoms with Gasteiger partial charge in [0, 0.05) is 50.7 Å². The Morgan fingerprint density at radius 1 is 1.27 bits per heavy atom. The SMILES string of the molecule is CN=C(NCCCCn1ccnc1C)NC1CC2CCC(C1)N2C(=O)OC(C)(C)C. The first-order chi connectivity index (χ1) is 14.3. The number of nitrogens with one attached hydrogen (secondary N) is 2. The lowest BCUT2D eigenvalue weighted by Crippen LogP contribution is -2.55. The van der Waals surface area contributed by atoms with Crippen molar-refractivity contribution in [2.75, 3.05) is 13.6 Å². The molecule has 2 aliphatic heterocycles. The van der Waals surface area contributed by atoms with Gasteiger partial charge in [0.25, 0.3) is 0 Å². The van der Waals surface area contributed by atoms with Crippen molar-refractivity contribution >= 4 is 12.1 Å². The molecule has 3 heterocycles. The molecule has 30 heavy (non-hydrogen) atoms. The highest BCUT2D eigenvalue weighted by Crippen LogP contribution is 2.36. The predicted molar refractivity (Wildman–Crippen MR) is 119 cm³/mol. The molecule has 2 unspecified atom stereocenters. The number of aliphatic imine (C=N–C) groups is 1. The maximum absolute atomic E-state index is 12.6. The minimum absolute atomic E-state index is 0.163. The van der Waals surface area contributed by atoms with Crippen LogP contribution in [-0.4, -0.2) is 63.8 Å². The highest BCUT2D eigenvalue weighted by atomic mass is 16.6. The zero-order chi connectivity index (χ0) is 21.7. The molecule has 168 valence electrons. The molecule has 3 rings (SSSR count). The molecule has 8 nitrogen and oxygen atoms in total. The third kappa shape index (κ3) is 5.89. The summed E-state index contributed by atoms with van der Waals surface area (Å²) in [6.07, 6.45) is 9.88. The van der Waals surface area contributed by atoms with Gasteiger partial charge in [-0.05, 0) is 66.2 Å². The number of amides is 1. The van der Waals surface area contributed by atoms with Crippen LogP contribution in [-0.2, 0) is 11.3 Å². The second kappa shape index (κ2) is 9.71. The summed E-state index contributed by atoms with van der Waals surface area (Å²) in [7, 11) is 1.81. The molecule has 2 saturated heterocycles. The molecule has 1 aromatic rings. The Bertz CT molecular complexity index is 724. The largest absolute Gasteiger partial charge is 0.444 e. The smallest absolute Gasteiger partial charge is 0.410 e. The first kappa shape index (κ1) is 22.4. The van der Waals surface area contributed by atoms with Crippen molar-refractivity contribution in [3.05, 3.63) is 18.2 Å². The van der Waals surface area contributed by atoms with E-state index in [9.17, 15) is 4.79 Å². The first-order valence-corrected chi connectivity index (χ1v) is 11.2. The number of aromatic nitrogens is 2. The summed E-state index contributed by atoms with van der Waals surface area (Å²) in [5.74, 6) is 1.91. The molecule has 2 atom stereocenters. The monoisotopic (exact) mass is 418 g/mol. The maximum Gasteiger partial charge on any atom is 0.410 e. The quantitative estimate of drug-likeness (QED) is 0.421. The summed E-state index contributed by atoms with van der Waals surface area (Å²) in [5.41, 5.74) is -0.450. The average Bonchev–Trinajstić information content (AvgIpc) is 3.19. The van der Waals surface area contributed by atoms with E-state index < -0.39 is 5.60 Å². The normalized spacial score (nSPS) is 24.1. The molecule has 8 heteroatoms. The van der Waals surface area contributed by atoms with E-state index in [2.05, 4.69) is 25.2 Å². The summed E-state index contributed by atoms with van der Waals surface area (Å²) in [5, 5.41) is 7.01. The molecule has 0 spiro atoms. The van der Waals surface area contributed by atoms with Gasteiger partial charge < -0.3 is 24.8 Å². The number of rotatable bonds is 6. The van der Waals surface area contributed by atoms with E-state index in [0.29, 0.717) is 6.04 Å². The third-order valence-corrected chi connectivity index (χ3v) is 5.94. The lowest BCUT2D eigenvalue weighted by atomic mass is 9.98. The van der Waals surface area contributed by atoms with Crippen molar-refractivity contribution in [2.45, 2.75) is 96.5 Å². The summed E-state index contributed by atoms with van der Waals surface area (Å²) >= 11 is 0. The summed E-state index contributed by atoms with van der Waals surface area (Å²) in [4.78, 5) is 23.2. The number of aryl methyl sites for hydroxylation is 2. The van der Waals surface area contributed by atoms with Crippen molar-refractivity contribution in [1.82, 2.24) is 25.1 Å². The number of hydrogen-bond donors (Lipinski definition) is 2. The van der Waals surface area contributed by atoms with Crippen molar-refractivity contribution in [3.63, 3.8) is 0 Å². The molecule has 2 bridgehead atoms. The fourth-order valence-corrected chi connectivity index (χ4v) is 4.55. The molecule has 1 amide bonds. The second-order valence-corrected chi connectivity index (χ2v) is 9.46. The Morgan fingerprint density at radius 2 is 1.97 bits per heavy atom. The molecule has 2 aliphatic rings. The Morgan fingerprint density at radius 3 is 2.53 bits per heavy atom. The number of piperidine rings is 1. The molecule has 2 fully saturated rings. The lowest BCUT2D eigenvalue weighted by molar-refractivity contribution is 0.00545. The summed E-state index contributed by atoms with van der Waals surface area (Å²) in [6, 6.07) is 0.848. The van der Waals surface area contributed by atoms with Crippen molar-refractivity contribution in [1.29, 1.82) is 0 Å². The van der Waals surface area contributed by atoms with Gasteiger partial charge in [0.05, 0.1) is 0 Å². The lowest BCUT2D eigenvalue weighted by Gasteiger charge is -2.40. The van der Waals surface area contributed by atoms with E-state index >= 15 is 0 Å². The first-order valence-electron chi connectivity index (χ1n) is 11.2. The minimum Gasteiger partial charge on any atom is -0.444 e. The topological polar surface area (TPSA) is 83.8 Å². The van der Waals surface area contributed by atoms with Crippen molar-refractivity contribution in [3.8, 4) is 0 Å². The molecule has 0 aromatic carbocycles. The summed E-state index contributed by atoms with van der Waals surface area (Å²) < 4.78 is 7.81. The molecule has 0 saturated carbocycles. The van der Waals surface area contributed by atoms with E-state index in [0.717, 1.165) is 63.4 Å². The second-order valence-electron chi connectivity index (χ2n) is 9.46. The minimum atomic E-state index is -0.450. The van der Waals surface area contributed by atoms with Gasteiger partial charge in [-0.2, -0.15) is 0 Å². The van der Waals surface area contributed by atoms with Crippen LogP contribution in [0.25, 0.3) is 0 Å². The van der Waals surface area contributed by atoms with Crippen molar-refractivity contribution in [2.24, 2.45) is 4.99 Å². The number of carbonyl (C=O) groups is 1. The standard InChI is InChI=1S/C22H38N6O2/c1-16-24-11-13-27(16)12-7-6-10-25-20(23-5)26-17-14-18-8-9-19(15-17)28(18)21(29)30-22(2,3)4/h11,13,17-19H,6-10,12,14-15H2,1-5H3,(H2,23,25,26). The van der Waals surface area contributed by atoms with Gasteiger partial charge in [-0.15, -0.1) is 0 Å². The third-order valence-electron chi connectivity index (χ3n) is 5.94. The highest BCUT2D eigenvalue weighted by molar-refractivity contribution is 5.80. The van der Waals surface area contributed by atoms with Crippen LogP contribution >= 0.6 is 0 Å². The number of hydrogen-bond acceptors (Lipinski definition) is 4. The molecular weight excluding hydrogens is 380 g/mol. The zero-order valence-electron chi connectivity index (χ0n) is 19.1. The molecule has 0 radical (unpaired) electrons. The van der Waals surface area contributed by atoms with E-state index in [1.807, 2.05) is 52.0 Å². The number of ether oxygens (including phenoxy) is 1. The number of guanidine groups is 1. The fourth-order valence-electron chi connectivity index (χ4n) is 4.55. The number of fused-ring (bicyclic) bond motifs is 2. The van der Waals surface area contributed by atoms with E-state index in [1.54, 1.807) is 0 Å². The van der Waals surface area contributed by atoms with Gasteiger partial charge in [-0.1, -0.05) is 0 Å². The van der Waals surface area contributed by atoms with Crippen molar-refractivity contribution < 1.29 is 9.53 Å². The highest BCUT2D eigenvalue weighted by Gasteiger charge is 2.45. The number of unbranched alkanes of at least 4 members (excludes halogenated alkanes) is 1. The number of nitrogens with zero attached hydrogens (tertiary/aromatic N) is 4. The van der Waals surface area contributed by atoms with Gasteiger partial charge in [-0.25, -0.2) is 9.78 Å². The van der Waals surface area contributed by atoms with Crippen LogP contribution in [0.4, 0.5) is 4.79 Å². The van der Waals surface area contributed by atoms with Crippen LogP contribution in [0.1, 0.15) is 65.1 Å². The maximum atomic E-state index is 12.6. The molecule has 2 N–H and O–H groups in total. The molecular formula is C22H38N6O2. The number of imidazole rings is 1. The van der Waals surface area contributed by atoms with E-state index in [1.165, 1.54) is 0 Å². The van der Waals surface area contributed by atoms with Crippen LogP contribution in [0.2, 0.25) is 0 Å². The van der Waals surface area contributed by atoms with Crippen LogP contribution in [0.5, 0.6) is 0 Å². The molecule has 0 aliphatic carbocycles. The van der Waals surface area contributed by atoms with Gasteiger partial charge in [0.15, 0.2) is 5.96 Å². The molecule has 1 aromatic heterocycles. The van der Waals surface area contributed by atoms with Crippen LogP contribution in [0.3, 0.4) is 0 Å². The van der Waals surface area contributed by atoms with Gasteiger partial charge in [0.2, 0.25) is 0 Å².